The number of ether oxygens (including phenoxy) is 3. The van der Waals surface area contributed by atoms with Crippen LogP contribution in [0, 0.1) is 6.92 Å². The number of rotatable bonds is 3. The van der Waals surface area contributed by atoms with Crippen molar-refractivity contribution in [1.29, 1.82) is 0 Å². The van der Waals surface area contributed by atoms with Gasteiger partial charge in [0.1, 0.15) is 12.8 Å². The van der Waals surface area contributed by atoms with Crippen LogP contribution in [0.15, 0.2) is 42.6 Å². The van der Waals surface area contributed by atoms with Crippen molar-refractivity contribution in [3.8, 4) is 17.2 Å². The first kappa shape index (κ1) is 16.5. The Morgan fingerprint density at radius 1 is 0.692 bits per heavy atom. The van der Waals surface area contributed by atoms with Crippen molar-refractivity contribution < 1.29 is 18.8 Å². The Kier molecular flexibility index (Phi) is 3.83. The minimum atomic E-state index is 0.737. The highest BCUT2D eigenvalue weighted by atomic mass is 16.5. The number of pyridine rings is 1. The Labute approximate surface area is 152 Å². The molecule has 0 spiro atoms. The summed E-state index contributed by atoms with van der Waals surface area (Å²) < 4.78 is 18.6. The summed E-state index contributed by atoms with van der Waals surface area (Å²) in [4.78, 5) is 0. The summed E-state index contributed by atoms with van der Waals surface area (Å²) in [6.45, 7) is 2.08. The standard InChI is InChI=1S/C22H22NO3/c1-13-8-18-14(9-19(13)24-3)6-7-16-17-11-21(26-5)20(25-4)10-15(17)12-23(2)22(16)18/h6-12H,1-5H3/q+1. The summed E-state index contributed by atoms with van der Waals surface area (Å²) in [5.74, 6) is 2.38. The van der Waals surface area contributed by atoms with Crippen LogP contribution < -0.4 is 18.8 Å². The smallest absolute Gasteiger partial charge is 0.220 e. The lowest BCUT2D eigenvalue weighted by atomic mass is 9.99. The molecule has 0 N–H and O–H groups in total. The van der Waals surface area contributed by atoms with Gasteiger partial charge >= 0.3 is 0 Å². The molecular formula is C22H22NO3+. The van der Waals surface area contributed by atoms with Gasteiger partial charge in [-0.05, 0) is 48.2 Å². The molecule has 0 unspecified atom stereocenters. The summed E-state index contributed by atoms with van der Waals surface area (Å²) in [6, 6.07) is 12.7. The summed E-state index contributed by atoms with van der Waals surface area (Å²) >= 11 is 0. The summed E-state index contributed by atoms with van der Waals surface area (Å²) in [7, 11) is 7.12. The number of aromatic nitrogens is 1. The average molecular weight is 348 g/mol. The Bertz CT molecular complexity index is 1170. The molecule has 0 fully saturated rings. The third-order valence-corrected chi connectivity index (χ3v) is 5.04. The van der Waals surface area contributed by atoms with Crippen LogP contribution in [-0.4, -0.2) is 21.3 Å². The van der Waals surface area contributed by atoms with E-state index in [-0.39, 0.29) is 0 Å². The molecule has 1 aromatic heterocycles. The number of nitrogens with zero attached hydrogens (tertiary/aromatic N) is 1. The predicted octanol–water partition coefficient (Wildman–Crippen LogP) is 4.30. The first-order chi connectivity index (χ1) is 12.6. The van der Waals surface area contributed by atoms with Gasteiger partial charge in [-0.2, -0.15) is 4.57 Å². The van der Waals surface area contributed by atoms with E-state index < -0.39 is 0 Å². The van der Waals surface area contributed by atoms with Crippen LogP contribution in [0.1, 0.15) is 5.56 Å². The third-order valence-electron chi connectivity index (χ3n) is 5.04. The topological polar surface area (TPSA) is 31.6 Å². The second-order valence-corrected chi connectivity index (χ2v) is 6.54. The van der Waals surface area contributed by atoms with Crippen LogP contribution in [0.2, 0.25) is 0 Å². The molecule has 4 nitrogen and oxygen atoms in total. The molecule has 0 saturated heterocycles. The van der Waals surface area contributed by atoms with E-state index in [0.29, 0.717) is 0 Å². The highest BCUT2D eigenvalue weighted by Crippen LogP contribution is 2.37. The Morgan fingerprint density at radius 3 is 2.04 bits per heavy atom. The van der Waals surface area contributed by atoms with Crippen molar-refractivity contribution >= 4 is 32.4 Å². The van der Waals surface area contributed by atoms with E-state index in [9.17, 15) is 0 Å². The van der Waals surface area contributed by atoms with E-state index in [1.807, 2.05) is 6.07 Å². The Morgan fingerprint density at radius 2 is 1.35 bits per heavy atom. The minimum Gasteiger partial charge on any atom is -0.496 e. The van der Waals surface area contributed by atoms with Gasteiger partial charge in [0.05, 0.1) is 37.5 Å². The minimum absolute atomic E-state index is 0.737. The number of hydrogen-bond acceptors (Lipinski definition) is 3. The molecule has 26 heavy (non-hydrogen) atoms. The second-order valence-electron chi connectivity index (χ2n) is 6.54. The van der Waals surface area contributed by atoms with Crippen LogP contribution >= 0.6 is 0 Å². The quantitative estimate of drug-likeness (QED) is 0.408. The molecule has 0 aliphatic carbocycles. The van der Waals surface area contributed by atoms with Crippen molar-refractivity contribution in [2.75, 3.05) is 21.3 Å². The van der Waals surface area contributed by atoms with Crippen molar-refractivity contribution in [1.82, 2.24) is 0 Å². The lowest BCUT2D eigenvalue weighted by molar-refractivity contribution is -0.642. The van der Waals surface area contributed by atoms with Gasteiger partial charge in [-0.15, -0.1) is 0 Å². The number of hydrogen-bond donors (Lipinski definition) is 0. The molecule has 0 aliphatic rings. The van der Waals surface area contributed by atoms with E-state index >= 15 is 0 Å². The van der Waals surface area contributed by atoms with Crippen molar-refractivity contribution in [2.24, 2.45) is 7.05 Å². The van der Waals surface area contributed by atoms with Crippen molar-refractivity contribution in [3.63, 3.8) is 0 Å². The SMILES string of the molecule is COc1cc2ccc3c4cc(OC)c(OC)cc4c[n+](C)c3c2cc1C. The second kappa shape index (κ2) is 6.06. The first-order valence-electron chi connectivity index (χ1n) is 8.52. The lowest BCUT2D eigenvalue weighted by Gasteiger charge is -2.12. The molecule has 4 aromatic rings. The molecule has 3 aromatic carbocycles. The Balaban J connectivity index is 2.17. The van der Waals surface area contributed by atoms with Gasteiger partial charge in [-0.3, -0.25) is 0 Å². The van der Waals surface area contributed by atoms with E-state index in [1.165, 1.54) is 16.3 Å². The fourth-order valence-corrected chi connectivity index (χ4v) is 3.77. The van der Waals surface area contributed by atoms with Gasteiger partial charge in [0, 0.05) is 5.39 Å². The van der Waals surface area contributed by atoms with Crippen LogP contribution in [-0.2, 0) is 7.05 Å². The number of benzene rings is 3. The fraction of sp³-hybridized carbons (Fsp3) is 0.227. The van der Waals surface area contributed by atoms with Gasteiger partial charge in [-0.1, -0.05) is 6.07 Å². The summed E-state index contributed by atoms with van der Waals surface area (Å²) in [5, 5.41) is 5.81. The molecule has 0 radical (unpaired) electrons. The highest BCUT2D eigenvalue weighted by Gasteiger charge is 2.18. The number of methoxy groups -OCH3 is 3. The maximum absolute atomic E-state index is 5.51. The summed E-state index contributed by atoms with van der Waals surface area (Å²) in [6.07, 6.45) is 2.14. The maximum atomic E-state index is 5.51. The Hall–Kier alpha value is -3.01. The van der Waals surface area contributed by atoms with Gasteiger partial charge in [0.25, 0.3) is 0 Å². The molecule has 0 bridgehead atoms. The predicted molar refractivity (Wildman–Crippen MR) is 105 cm³/mol. The van der Waals surface area contributed by atoms with Crippen molar-refractivity contribution in [2.45, 2.75) is 6.92 Å². The largest absolute Gasteiger partial charge is 0.496 e. The van der Waals surface area contributed by atoms with E-state index in [2.05, 4.69) is 55.1 Å². The van der Waals surface area contributed by atoms with E-state index in [4.69, 9.17) is 14.2 Å². The molecular weight excluding hydrogens is 326 g/mol. The average Bonchev–Trinajstić information content (AvgIpc) is 2.65. The van der Waals surface area contributed by atoms with Crippen LogP contribution in [0.25, 0.3) is 32.4 Å². The monoisotopic (exact) mass is 348 g/mol. The van der Waals surface area contributed by atoms with Crippen LogP contribution in [0.3, 0.4) is 0 Å². The first-order valence-corrected chi connectivity index (χ1v) is 8.52. The molecule has 0 atom stereocenters. The highest BCUT2D eigenvalue weighted by molar-refractivity contribution is 6.14. The molecule has 0 aliphatic heterocycles. The normalized spacial score (nSPS) is 11.3. The molecule has 4 heteroatoms. The molecule has 4 rings (SSSR count). The van der Waals surface area contributed by atoms with Gasteiger partial charge < -0.3 is 14.2 Å². The van der Waals surface area contributed by atoms with Gasteiger partial charge in [-0.25, -0.2) is 0 Å². The zero-order valence-corrected chi connectivity index (χ0v) is 15.7. The van der Waals surface area contributed by atoms with E-state index in [1.54, 1.807) is 21.3 Å². The molecule has 0 saturated carbocycles. The van der Waals surface area contributed by atoms with E-state index in [0.717, 1.165) is 39.0 Å². The molecule has 132 valence electrons. The third kappa shape index (κ3) is 2.33. The lowest BCUT2D eigenvalue weighted by Crippen LogP contribution is -2.28. The van der Waals surface area contributed by atoms with Gasteiger partial charge in [0.15, 0.2) is 17.7 Å². The molecule has 0 amide bonds. The maximum Gasteiger partial charge on any atom is 0.220 e. The van der Waals surface area contributed by atoms with Crippen LogP contribution in [0.5, 0.6) is 17.2 Å². The zero-order valence-electron chi connectivity index (χ0n) is 15.7. The molecule has 1 heterocycles. The van der Waals surface area contributed by atoms with Crippen LogP contribution in [0.4, 0.5) is 0 Å². The number of fused-ring (bicyclic) bond motifs is 5. The summed E-state index contributed by atoms with van der Waals surface area (Å²) in [5.41, 5.74) is 2.31. The fourth-order valence-electron chi connectivity index (χ4n) is 3.77. The zero-order chi connectivity index (χ0) is 18.4. The number of aryl methyl sites for hydroxylation is 2. The van der Waals surface area contributed by atoms with Gasteiger partial charge in [0.2, 0.25) is 5.52 Å². The van der Waals surface area contributed by atoms with Crippen molar-refractivity contribution in [3.05, 3.63) is 48.2 Å².